The molecule has 230 valence electrons. The monoisotopic (exact) mass is 580 g/mol. The highest BCUT2D eigenvalue weighted by Crippen LogP contribution is 2.67. The van der Waals surface area contributed by atoms with Crippen LogP contribution in [0.15, 0.2) is 48.1 Å². The minimum absolute atomic E-state index is 0.00912. The van der Waals surface area contributed by atoms with Crippen molar-refractivity contribution in [2.45, 2.75) is 90.9 Å². The van der Waals surface area contributed by atoms with Gasteiger partial charge in [-0.25, -0.2) is 0 Å². The number of rotatable bonds is 7. The number of Topliss-reactive ketones (excluding diaryl/α,β-unsaturated/α-hetero) is 1. The van der Waals surface area contributed by atoms with Gasteiger partial charge in [0.05, 0.1) is 12.1 Å². The lowest BCUT2D eigenvalue weighted by molar-refractivity contribution is -0.178. The summed E-state index contributed by atoms with van der Waals surface area (Å²) in [4.78, 5) is 36.0. The summed E-state index contributed by atoms with van der Waals surface area (Å²) < 4.78 is 0. The first-order valence-corrected chi connectivity index (χ1v) is 15.4. The maximum absolute atomic E-state index is 12.4. The summed E-state index contributed by atoms with van der Waals surface area (Å²) in [6.45, 7) is 10.2. The third-order valence-electron chi connectivity index (χ3n) is 10.7. The number of aliphatic hydroxyl groups is 3. The average molecular weight is 581 g/mol. The lowest BCUT2D eigenvalue weighted by Gasteiger charge is -2.59. The topological polar surface area (TPSA) is 136 Å². The van der Waals surface area contributed by atoms with Gasteiger partial charge < -0.3 is 26.0 Å². The summed E-state index contributed by atoms with van der Waals surface area (Å²) in [5.74, 6) is -0.210. The second kappa shape index (κ2) is 12.5. The smallest absolute Gasteiger partial charge is 0.241 e. The molecule has 1 aromatic rings. The number of carbonyl (C=O) groups is 3. The number of aryl methyl sites for hydroxylation is 1. The number of nitrogens with one attached hydrogen (secondary N) is 2. The molecule has 1 unspecified atom stereocenters. The molecule has 1 aromatic carbocycles. The molecule has 3 saturated carbocycles. The molecule has 0 spiro atoms. The summed E-state index contributed by atoms with van der Waals surface area (Å²) in [6.07, 6.45) is 8.71. The van der Waals surface area contributed by atoms with Crippen LogP contribution in [0.1, 0.15) is 71.8 Å². The molecule has 8 nitrogen and oxygen atoms in total. The van der Waals surface area contributed by atoms with E-state index in [0.29, 0.717) is 12.8 Å². The Balaban J connectivity index is 0.000000219. The minimum atomic E-state index is -1.56. The molecular weight excluding hydrogens is 532 g/mol. The highest BCUT2D eigenvalue weighted by atomic mass is 16.3. The van der Waals surface area contributed by atoms with Gasteiger partial charge in [-0.2, -0.15) is 0 Å². The molecular formula is C34H48N2O6. The molecule has 5 N–H and O–H groups in total. The van der Waals surface area contributed by atoms with Crippen molar-refractivity contribution in [3.63, 3.8) is 0 Å². The fourth-order valence-corrected chi connectivity index (χ4v) is 8.33. The van der Waals surface area contributed by atoms with Gasteiger partial charge in [-0.1, -0.05) is 50.6 Å². The maximum Gasteiger partial charge on any atom is 0.241 e. The molecule has 0 saturated heterocycles. The number of anilines is 1. The Morgan fingerprint density at radius 2 is 1.88 bits per heavy atom. The van der Waals surface area contributed by atoms with Crippen molar-refractivity contribution in [3.05, 3.63) is 53.6 Å². The van der Waals surface area contributed by atoms with Gasteiger partial charge in [-0.15, -0.1) is 0 Å². The molecule has 8 atom stereocenters. The van der Waals surface area contributed by atoms with E-state index in [-0.39, 0.29) is 40.9 Å². The summed E-state index contributed by atoms with van der Waals surface area (Å²) in [5.41, 5.74) is 0.427. The average Bonchev–Trinajstić information content (AvgIpc) is 3.23. The van der Waals surface area contributed by atoms with E-state index in [1.165, 1.54) is 0 Å². The van der Waals surface area contributed by atoms with E-state index in [0.717, 1.165) is 49.1 Å². The molecule has 5 rings (SSSR count). The van der Waals surface area contributed by atoms with Crippen LogP contribution < -0.4 is 10.6 Å². The Morgan fingerprint density at radius 1 is 1.17 bits per heavy atom. The Bertz CT molecular complexity index is 1260. The molecule has 3 fully saturated rings. The zero-order valence-corrected chi connectivity index (χ0v) is 25.7. The molecule has 42 heavy (non-hydrogen) atoms. The number of aliphatic hydroxyl groups excluding tert-OH is 2. The quantitative estimate of drug-likeness (QED) is 0.330. The number of amides is 1. The number of fused-ring (bicyclic) bond motifs is 5. The highest BCUT2D eigenvalue weighted by Gasteiger charge is 2.67. The second-order valence-electron chi connectivity index (χ2n) is 13.2. The lowest BCUT2D eigenvalue weighted by Crippen LogP contribution is -2.61. The maximum atomic E-state index is 12.4. The van der Waals surface area contributed by atoms with Crippen molar-refractivity contribution < 1.29 is 29.7 Å². The van der Waals surface area contributed by atoms with Crippen LogP contribution in [-0.4, -0.2) is 63.7 Å². The first-order valence-electron chi connectivity index (χ1n) is 15.4. The molecule has 0 aromatic heterocycles. The van der Waals surface area contributed by atoms with Crippen molar-refractivity contribution in [2.24, 2.45) is 28.6 Å². The van der Waals surface area contributed by atoms with Crippen molar-refractivity contribution in [1.29, 1.82) is 0 Å². The fourth-order valence-electron chi connectivity index (χ4n) is 8.33. The van der Waals surface area contributed by atoms with Crippen LogP contribution >= 0.6 is 0 Å². The summed E-state index contributed by atoms with van der Waals surface area (Å²) in [5, 5.41) is 37.7. The minimum Gasteiger partial charge on any atom is -0.393 e. The molecule has 4 aliphatic carbocycles. The summed E-state index contributed by atoms with van der Waals surface area (Å²) >= 11 is 0. The fraction of sp³-hybridized carbons (Fsp3) is 0.618. The molecule has 0 heterocycles. The van der Waals surface area contributed by atoms with Gasteiger partial charge in [-0.05, 0) is 94.5 Å². The van der Waals surface area contributed by atoms with E-state index in [9.17, 15) is 29.7 Å². The largest absolute Gasteiger partial charge is 0.393 e. The molecule has 1 amide bonds. The molecule has 0 bridgehead atoms. The Morgan fingerprint density at radius 3 is 2.55 bits per heavy atom. The van der Waals surface area contributed by atoms with E-state index in [4.69, 9.17) is 0 Å². The van der Waals surface area contributed by atoms with Gasteiger partial charge in [-0.3, -0.25) is 14.4 Å². The zero-order chi connectivity index (χ0) is 30.9. The van der Waals surface area contributed by atoms with Crippen LogP contribution in [0.4, 0.5) is 5.69 Å². The van der Waals surface area contributed by atoms with Crippen LogP contribution in [0, 0.1) is 35.5 Å². The third kappa shape index (κ3) is 5.66. The number of hydrogen-bond donors (Lipinski definition) is 5. The van der Waals surface area contributed by atoms with Crippen molar-refractivity contribution in [3.8, 4) is 0 Å². The number of para-hydroxylation sites is 1. The van der Waals surface area contributed by atoms with Crippen LogP contribution in [0.5, 0.6) is 0 Å². The Labute approximate surface area is 249 Å². The van der Waals surface area contributed by atoms with Crippen LogP contribution in [0.3, 0.4) is 0 Å². The Hall–Kier alpha value is -2.65. The SMILES string of the molecule is CCCNC(C)C(=O)Nc1ccccc1C.C[C@]12C=CC(=O)C=C1CC[C@@H]1[C@@H]2[C@@H](O)C[C@@]2(C)[C@H]1CC[C@]2(O)C(=O)CO. The van der Waals surface area contributed by atoms with Gasteiger partial charge in [0.1, 0.15) is 12.2 Å². The van der Waals surface area contributed by atoms with Crippen LogP contribution in [-0.2, 0) is 14.4 Å². The molecule has 8 heteroatoms. The van der Waals surface area contributed by atoms with Crippen molar-refractivity contribution in [1.82, 2.24) is 5.32 Å². The number of hydrogen-bond acceptors (Lipinski definition) is 7. The first kappa shape index (κ1) is 32.3. The first-order chi connectivity index (χ1) is 19.8. The lowest BCUT2D eigenvalue weighted by atomic mass is 9.46. The second-order valence-corrected chi connectivity index (χ2v) is 13.2. The van der Waals surface area contributed by atoms with Gasteiger partial charge in [0.15, 0.2) is 11.6 Å². The van der Waals surface area contributed by atoms with Gasteiger partial charge in [0, 0.05) is 22.4 Å². The predicted molar refractivity (Wildman–Crippen MR) is 163 cm³/mol. The van der Waals surface area contributed by atoms with Crippen LogP contribution in [0.2, 0.25) is 0 Å². The van der Waals surface area contributed by atoms with E-state index in [2.05, 4.69) is 24.5 Å². The van der Waals surface area contributed by atoms with E-state index >= 15 is 0 Å². The zero-order valence-electron chi connectivity index (χ0n) is 25.7. The van der Waals surface area contributed by atoms with Crippen molar-refractivity contribution >= 4 is 23.2 Å². The standard InChI is InChI=1S/C21H28O5.C13H20N2O/c1-19-7-5-13(23)9-12(19)3-4-14-15-6-8-21(26,17(25)11-22)20(15,2)10-16(24)18(14)19;1-4-9-14-11(3)13(16)15-12-8-6-5-7-10(12)2/h5,7,9,14-16,18,22,24,26H,3-4,6,8,10-11H2,1-2H3;5-8,11,14H,4,9H2,1-3H3,(H,15,16)/t14-,15-,16-,18+,19-,20-,21-;/m0./s1. The normalized spacial score (nSPS) is 35.5. The summed E-state index contributed by atoms with van der Waals surface area (Å²) in [6, 6.07) is 7.63. The number of carbonyl (C=O) groups excluding carboxylic acids is 3. The number of ketones is 2. The number of benzene rings is 1. The van der Waals surface area contributed by atoms with E-state index in [1.807, 2.05) is 51.1 Å². The van der Waals surface area contributed by atoms with E-state index in [1.54, 1.807) is 12.2 Å². The number of allylic oxidation sites excluding steroid dienone is 4. The molecule has 4 aliphatic rings. The molecule has 0 radical (unpaired) electrons. The van der Waals surface area contributed by atoms with Gasteiger partial charge >= 0.3 is 0 Å². The van der Waals surface area contributed by atoms with Crippen LogP contribution in [0.25, 0.3) is 0 Å². The summed E-state index contributed by atoms with van der Waals surface area (Å²) in [7, 11) is 0. The van der Waals surface area contributed by atoms with Crippen molar-refractivity contribution in [2.75, 3.05) is 18.5 Å². The Kier molecular flexibility index (Phi) is 9.62. The van der Waals surface area contributed by atoms with E-state index < -0.39 is 29.5 Å². The van der Waals surface area contributed by atoms with Gasteiger partial charge in [0.2, 0.25) is 5.91 Å². The molecule has 0 aliphatic heterocycles. The third-order valence-corrected chi connectivity index (χ3v) is 10.7. The van der Waals surface area contributed by atoms with Gasteiger partial charge in [0.25, 0.3) is 0 Å². The predicted octanol–water partition coefficient (Wildman–Crippen LogP) is 3.88. The highest BCUT2D eigenvalue weighted by molar-refractivity contribution is 6.01.